The summed E-state index contributed by atoms with van der Waals surface area (Å²) in [5, 5.41) is 0.219. The molecule has 0 bridgehead atoms. The van der Waals surface area contributed by atoms with E-state index in [1.54, 1.807) is 6.07 Å². The highest BCUT2D eigenvalue weighted by atomic mass is 28.3. The van der Waals surface area contributed by atoms with E-state index in [1.807, 2.05) is 18.2 Å². The molecule has 0 unspecified atom stereocenters. The van der Waals surface area contributed by atoms with Gasteiger partial charge in [-0.3, -0.25) is 4.79 Å². The number of rotatable bonds is 1. The Bertz CT molecular complexity index is 528. The van der Waals surface area contributed by atoms with Crippen LogP contribution in [0.3, 0.4) is 0 Å². The Labute approximate surface area is 117 Å². The van der Waals surface area contributed by atoms with Crippen LogP contribution in [-0.4, -0.2) is 14.0 Å². The van der Waals surface area contributed by atoms with E-state index in [2.05, 4.69) is 45.3 Å². The van der Waals surface area contributed by atoms with Gasteiger partial charge in [-0.25, -0.2) is 0 Å². The fourth-order valence-corrected chi connectivity index (χ4v) is 2.05. The summed E-state index contributed by atoms with van der Waals surface area (Å²) < 4.78 is 5.17. The van der Waals surface area contributed by atoms with Gasteiger partial charge < -0.3 is 4.74 Å². The molecule has 0 aromatic heterocycles. The summed E-state index contributed by atoms with van der Waals surface area (Å²) in [7, 11) is -1.65. The van der Waals surface area contributed by atoms with Gasteiger partial charge in [-0.2, -0.15) is 0 Å². The fourth-order valence-electron chi connectivity index (χ4n) is 1.22. The first-order valence-corrected chi connectivity index (χ1v) is 9.44. The Hall–Kier alpha value is -1.53. The number of para-hydroxylation sites is 1. The molecule has 0 aliphatic heterocycles. The van der Waals surface area contributed by atoms with E-state index in [1.165, 1.54) is 6.92 Å². The molecule has 0 heterocycles. The summed E-state index contributed by atoms with van der Waals surface area (Å²) in [6, 6.07) is 7.41. The van der Waals surface area contributed by atoms with E-state index >= 15 is 0 Å². The molecular weight excluding hydrogens is 252 g/mol. The molecule has 0 N–H and O–H groups in total. The van der Waals surface area contributed by atoms with Crippen molar-refractivity contribution in [3.05, 3.63) is 29.8 Å². The van der Waals surface area contributed by atoms with Crippen molar-refractivity contribution in [2.24, 2.45) is 0 Å². The molecule has 0 amide bonds. The van der Waals surface area contributed by atoms with E-state index in [0.29, 0.717) is 5.75 Å². The highest BCUT2D eigenvalue weighted by molar-refractivity contribution is 6.87. The SMILES string of the molecule is CC(=O)Oc1ccccc1C#C[Si](C)(C)C(C)(C)C. The van der Waals surface area contributed by atoms with E-state index in [0.717, 1.165) is 5.56 Å². The first-order valence-electron chi connectivity index (χ1n) is 6.44. The van der Waals surface area contributed by atoms with Gasteiger partial charge in [-0.15, -0.1) is 5.54 Å². The number of hydrogen-bond donors (Lipinski definition) is 0. The smallest absolute Gasteiger partial charge is 0.308 e. The third-order valence-corrected chi connectivity index (χ3v) is 8.03. The van der Waals surface area contributed by atoms with E-state index in [-0.39, 0.29) is 11.0 Å². The molecule has 19 heavy (non-hydrogen) atoms. The van der Waals surface area contributed by atoms with Gasteiger partial charge in [0.05, 0.1) is 5.56 Å². The molecule has 102 valence electrons. The second-order valence-corrected chi connectivity index (χ2v) is 11.2. The summed E-state index contributed by atoms with van der Waals surface area (Å²) >= 11 is 0. The minimum atomic E-state index is -1.65. The molecule has 0 radical (unpaired) electrons. The zero-order chi connectivity index (χ0) is 14.7. The number of hydrogen-bond acceptors (Lipinski definition) is 2. The third-order valence-electron chi connectivity index (χ3n) is 3.53. The third kappa shape index (κ3) is 4.25. The van der Waals surface area contributed by atoms with E-state index in [4.69, 9.17) is 4.74 Å². The van der Waals surface area contributed by atoms with Crippen LogP contribution in [0.4, 0.5) is 0 Å². The van der Waals surface area contributed by atoms with Gasteiger partial charge in [-0.05, 0) is 17.2 Å². The van der Waals surface area contributed by atoms with Crippen molar-refractivity contribution >= 4 is 14.0 Å². The van der Waals surface area contributed by atoms with Crippen LogP contribution in [0.25, 0.3) is 0 Å². The van der Waals surface area contributed by atoms with Gasteiger partial charge in [0.15, 0.2) is 0 Å². The molecule has 3 heteroatoms. The minimum absolute atomic E-state index is 0.219. The lowest BCUT2D eigenvalue weighted by Gasteiger charge is -2.31. The number of ether oxygens (including phenoxy) is 1. The Balaban J connectivity index is 3.11. The van der Waals surface area contributed by atoms with Crippen LogP contribution in [0.2, 0.25) is 18.1 Å². The standard InChI is InChI=1S/C16H22O2Si/c1-13(17)18-15-10-8-7-9-14(15)11-12-19(5,6)16(2,3)4/h7-10H,1-6H3. The van der Waals surface area contributed by atoms with Gasteiger partial charge in [0, 0.05) is 6.92 Å². The first kappa shape index (κ1) is 15.5. The van der Waals surface area contributed by atoms with Crippen molar-refractivity contribution < 1.29 is 9.53 Å². The topological polar surface area (TPSA) is 26.3 Å². The van der Waals surface area contributed by atoms with Gasteiger partial charge >= 0.3 is 5.97 Å². The molecule has 1 aromatic carbocycles. The second-order valence-electron chi connectivity index (χ2n) is 6.21. The lowest BCUT2D eigenvalue weighted by atomic mass is 10.2. The van der Waals surface area contributed by atoms with Crippen LogP contribution in [0.5, 0.6) is 5.75 Å². The Kier molecular flexibility index (Phi) is 4.59. The van der Waals surface area contributed by atoms with Crippen molar-refractivity contribution in [2.75, 3.05) is 0 Å². The number of carbonyl (C=O) groups is 1. The van der Waals surface area contributed by atoms with Crippen molar-refractivity contribution in [1.29, 1.82) is 0 Å². The predicted molar refractivity (Wildman–Crippen MR) is 81.8 cm³/mol. The molecular formula is C16H22O2Si. The zero-order valence-corrected chi connectivity index (χ0v) is 13.6. The van der Waals surface area contributed by atoms with Crippen LogP contribution in [0, 0.1) is 11.5 Å². The quantitative estimate of drug-likeness (QED) is 0.335. The second kappa shape index (κ2) is 5.62. The number of esters is 1. The average Bonchev–Trinajstić information content (AvgIpc) is 2.25. The van der Waals surface area contributed by atoms with Crippen LogP contribution in [0.1, 0.15) is 33.3 Å². The summed E-state index contributed by atoms with van der Waals surface area (Å²) in [6.07, 6.45) is 0. The number of carbonyl (C=O) groups excluding carboxylic acids is 1. The monoisotopic (exact) mass is 274 g/mol. The molecule has 0 aliphatic carbocycles. The van der Waals surface area contributed by atoms with Crippen molar-refractivity contribution in [2.45, 2.75) is 45.8 Å². The van der Waals surface area contributed by atoms with Crippen LogP contribution >= 0.6 is 0 Å². The average molecular weight is 274 g/mol. The van der Waals surface area contributed by atoms with Crippen molar-refractivity contribution in [1.82, 2.24) is 0 Å². The van der Waals surface area contributed by atoms with Gasteiger partial charge in [0.25, 0.3) is 0 Å². The maximum atomic E-state index is 11.1. The Morgan fingerprint density at radius 3 is 2.32 bits per heavy atom. The van der Waals surface area contributed by atoms with Crippen molar-refractivity contribution in [3.63, 3.8) is 0 Å². The molecule has 0 saturated heterocycles. The molecule has 0 atom stereocenters. The molecule has 0 aliphatic rings. The lowest BCUT2D eigenvalue weighted by molar-refractivity contribution is -0.131. The molecule has 1 aromatic rings. The summed E-state index contributed by atoms with van der Waals surface area (Å²) in [5.74, 6) is 3.42. The van der Waals surface area contributed by atoms with Gasteiger partial charge in [0.1, 0.15) is 13.8 Å². The molecule has 1 rings (SSSR count). The lowest BCUT2D eigenvalue weighted by Crippen LogP contribution is -2.35. The summed E-state index contributed by atoms with van der Waals surface area (Å²) in [4.78, 5) is 11.1. The predicted octanol–water partition coefficient (Wildman–Crippen LogP) is 4.01. The molecule has 2 nitrogen and oxygen atoms in total. The highest BCUT2D eigenvalue weighted by Gasteiger charge is 2.33. The summed E-state index contributed by atoms with van der Waals surface area (Å²) in [6.45, 7) is 12.6. The minimum Gasteiger partial charge on any atom is -0.425 e. The van der Waals surface area contributed by atoms with Gasteiger partial charge in [-0.1, -0.05) is 51.9 Å². The highest BCUT2D eigenvalue weighted by Crippen LogP contribution is 2.35. The first-order chi connectivity index (χ1) is 8.63. The normalized spacial score (nSPS) is 11.5. The number of benzene rings is 1. The Morgan fingerprint density at radius 1 is 1.21 bits per heavy atom. The molecule has 0 spiro atoms. The zero-order valence-electron chi connectivity index (χ0n) is 12.6. The maximum Gasteiger partial charge on any atom is 0.308 e. The van der Waals surface area contributed by atoms with Crippen LogP contribution in [-0.2, 0) is 4.79 Å². The van der Waals surface area contributed by atoms with Gasteiger partial charge in [0.2, 0.25) is 0 Å². The largest absolute Gasteiger partial charge is 0.425 e. The van der Waals surface area contributed by atoms with E-state index in [9.17, 15) is 4.79 Å². The Morgan fingerprint density at radius 2 is 1.79 bits per heavy atom. The van der Waals surface area contributed by atoms with Crippen LogP contribution < -0.4 is 4.74 Å². The van der Waals surface area contributed by atoms with Crippen molar-refractivity contribution in [3.8, 4) is 17.2 Å². The molecule has 0 saturated carbocycles. The molecule has 0 fully saturated rings. The van der Waals surface area contributed by atoms with Crippen LogP contribution in [0.15, 0.2) is 24.3 Å². The van der Waals surface area contributed by atoms with E-state index < -0.39 is 8.07 Å². The maximum absolute atomic E-state index is 11.1. The summed E-state index contributed by atoms with van der Waals surface area (Å²) in [5.41, 5.74) is 4.21. The fraction of sp³-hybridized carbons (Fsp3) is 0.438.